The first-order chi connectivity index (χ1) is 10.1. The van der Waals surface area contributed by atoms with Crippen molar-refractivity contribution in [1.82, 2.24) is 10.2 Å². The van der Waals surface area contributed by atoms with Gasteiger partial charge in [0, 0.05) is 16.7 Å². The fourth-order valence-corrected chi connectivity index (χ4v) is 2.05. The molecule has 0 aliphatic heterocycles. The van der Waals surface area contributed by atoms with Gasteiger partial charge in [0.05, 0.1) is 0 Å². The molecular formula is C15H17BrN4O. The first kappa shape index (κ1) is 15.4. The normalized spacial score (nSPS) is 10.2. The Morgan fingerprint density at radius 3 is 2.67 bits per heavy atom. The van der Waals surface area contributed by atoms with Gasteiger partial charge in [-0.15, -0.1) is 10.2 Å². The zero-order chi connectivity index (χ0) is 15.2. The van der Waals surface area contributed by atoms with E-state index in [4.69, 9.17) is 0 Å². The number of nitrogens with one attached hydrogen (secondary N) is 2. The second-order valence-electron chi connectivity index (χ2n) is 4.65. The third kappa shape index (κ3) is 4.26. The molecular weight excluding hydrogens is 332 g/mol. The summed E-state index contributed by atoms with van der Waals surface area (Å²) in [6, 6.07) is 9.05. The maximum atomic E-state index is 12.1. The van der Waals surface area contributed by atoms with Crippen LogP contribution in [0.15, 0.2) is 34.8 Å². The number of amides is 1. The maximum absolute atomic E-state index is 12.1. The third-order valence-corrected chi connectivity index (χ3v) is 3.74. The van der Waals surface area contributed by atoms with Crippen molar-refractivity contribution < 1.29 is 4.79 Å². The van der Waals surface area contributed by atoms with Crippen molar-refractivity contribution in [2.24, 2.45) is 0 Å². The van der Waals surface area contributed by atoms with Crippen molar-refractivity contribution in [3.8, 4) is 0 Å². The molecule has 1 heterocycles. The molecule has 0 fully saturated rings. The number of anilines is 2. The van der Waals surface area contributed by atoms with Crippen molar-refractivity contribution in [2.45, 2.75) is 20.3 Å². The van der Waals surface area contributed by atoms with Gasteiger partial charge in [-0.3, -0.25) is 4.79 Å². The number of halogens is 1. The van der Waals surface area contributed by atoms with Crippen LogP contribution in [0.5, 0.6) is 0 Å². The molecule has 0 unspecified atom stereocenters. The molecule has 2 rings (SSSR count). The van der Waals surface area contributed by atoms with Crippen molar-refractivity contribution in [1.29, 1.82) is 0 Å². The van der Waals surface area contributed by atoms with Crippen molar-refractivity contribution in [2.75, 3.05) is 17.2 Å². The number of carbonyl (C=O) groups excluding carboxylic acids is 1. The van der Waals surface area contributed by atoms with Crippen LogP contribution in [0, 0.1) is 6.92 Å². The number of benzene rings is 1. The second-order valence-corrected chi connectivity index (χ2v) is 5.50. The minimum Gasteiger partial charge on any atom is -0.369 e. The molecule has 0 radical (unpaired) electrons. The summed E-state index contributed by atoms with van der Waals surface area (Å²) in [5, 5.41) is 13.8. The van der Waals surface area contributed by atoms with Crippen LogP contribution in [0.25, 0.3) is 0 Å². The molecule has 110 valence electrons. The van der Waals surface area contributed by atoms with Crippen LogP contribution in [0.4, 0.5) is 11.5 Å². The van der Waals surface area contributed by atoms with Gasteiger partial charge in [0.15, 0.2) is 5.69 Å². The number of hydrogen-bond acceptors (Lipinski definition) is 4. The van der Waals surface area contributed by atoms with Gasteiger partial charge >= 0.3 is 0 Å². The predicted molar refractivity (Wildman–Crippen MR) is 87.6 cm³/mol. The fraction of sp³-hybridized carbons (Fsp3) is 0.267. The highest BCUT2D eigenvalue weighted by molar-refractivity contribution is 9.10. The Balaban J connectivity index is 2.04. The first-order valence-corrected chi connectivity index (χ1v) is 7.54. The number of carbonyl (C=O) groups is 1. The third-order valence-electron chi connectivity index (χ3n) is 2.88. The Morgan fingerprint density at radius 2 is 2.05 bits per heavy atom. The summed E-state index contributed by atoms with van der Waals surface area (Å²) < 4.78 is 0.950. The highest BCUT2D eigenvalue weighted by Crippen LogP contribution is 2.20. The molecule has 0 saturated carbocycles. The highest BCUT2D eigenvalue weighted by Gasteiger charge is 2.09. The van der Waals surface area contributed by atoms with Crippen LogP contribution in [0.2, 0.25) is 0 Å². The van der Waals surface area contributed by atoms with Crippen molar-refractivity contribution in [3.63, 3.8) is 0 Å². The standard InChI is InChI=1S/C15H17BrN4O/c1-3-8-17-14-7-6-13(19-20-14)15(21)18-11-5-4-10(2)12(16)9-11/h4-7,9H,3,8H2,1-2H3,(H,17,20)(H,18,21). The summed E-state index contributed by atoms with van der Waals surface area (Å²) in [5.41, 5.74) is 2.11. The van der Waals surface area contributed by atoms with E-state index in [0.717, 1.165) is 23.0 Å². The molecule has 1 aromatic carbocycles. The van der Waals surface area contributed by atoms with Gasteiger partial charge in [0.25, 0.3) is 5.91 Å². The summed E-state index contributed by atoms with van der Waals surface area (Å²) in [5.74, 6) is 0.395. The van der Waals surface area contributed by atoms with Gasteiger partial charge in [0.1, 0.15) is 5.82 Å². The summed E-state index contributed by atoms with van der Waals surface area (Å²) in [7, 11) is 0. The molecule has 0 saturated heterocycles. The monoisotopic (exact) mass is 348 g/mol. The Kier molecular flexibility index (Phi) is 5.27. The van der Waals surface area contributed by atoms with E-state index in [-0.39, 0.29) is 11.6 Å². The molecule has 2 aromatic rings. The van der Waals surface area contributed by atoms with E-state index in [9.17, 15) is 4.79 Å². The van der Waals surface area contributed by atoms with E-state index in [1.54, 1.807) is 12.1 Å². The van der Waals surface area contributed by atoms with Crippen molar-refractivity contribution >= 4 is 33.3 Å². The summed E-state index contributed by atoms with van der Waals surface area (Å²) in [6.45, 7) is 4.89. The zero-order valence-corrected chi connectivity index (χ0v) is 13.6. The topological polar surface area (TPSA) is 66.9 Å². The average Bonchev–Trinajstić information content (AvgIpc) is 2.49. The minimum atomic E-state index is -0.278. The molecule has 0 atom stereocenters. The number of rotatable bonds is 5. The number of nitrogens with zero attached hydrogens (tertiary/aromatic N) is 2. The average molecular weight is 349 g/mol. The van der Waals surface area contributed by atoms with E-state index in [0.29, 0.717) is 11.5 Å². The van der Waals surface area contributed by atoms with Crippen LogP contribution in [0.1, 0.15) is 29.4 Å². The lowest BCUT2D eigenvalue weighted by Gasteiger charge is -2.07. The number of aryl methyl sites for hydroxylation is 1. The molecule has 1 aromatic heterocycles. The van der Waals surface area contributed by atoms with E-state index >= 15 is 0 Å². The lowest BCUT2D eigenvalue weighted by Crippen LogP contribution is -2.15. The molecule has 1 amide bonds. The van der Waals surface area contributed by atoms with Gasteiger partial charge < -0.3 is 10.6 Å². The Labute approximate surface area is 132 Å². The quantitative estimate of drug-likeness (QED) is 0.865. The van der Waals surface area contributed by atoms with Crippen molar-refractivity contribution in [3.05, 3.63) is 46.1 Å². The van der Waals surface area contributed by atoms with E-state index in [2.05, 4.69) is 43.7 Å². The van der Waals surface area contributed by atoms with Crippen LogP contribution < -0.4 is 10.6 Å². The lowest BCUT2D eigenvalue weighted by atomic mass is 10.2. The number of aromatic nitrogens is 2. The predicted octanol–water partition coefficient (Wildman–Crippen LogP) is 3.62. The van der Waals surface area contributed by atoms with Crippen LogP contribution in [-0.2, 0) is 0 Å². The smallest absolute Gasteiger partial charge is 0.276 e. The van der Waals surface area contributed by atoms with Gasteiger partial charge in [0.2, 0.25) is 0 Å². The fourth-order valence-electron chi connectivity index (χ4n) is 1.67. The largest absolute Gasteiger partial charge is 0.369 e. The maximum Gasteiger partial charge on any atom is 0.276 e. The van der Waals surface area contributed by atoms with Gasteiger partial charge in [-0.25, -0.2) is 0 Å². The van der Waals surface area contributed by atoms with Crippen LogP contribution in [-0.4, -0.2) is 22.6 Å². The summed E-state index contributed by atoms with van der Waals surface area (Å²) in [6.07, 6.45) is 1.01. The number of hydrogen-bond donors (Lipinski definition) is 2. The molecule has 2 N–H and O–H groups in total. The van der Waals surface area contributed by atoms with E-state index in [1.807, 2.05) is 25.1 Å². The minimum absolute atomic E-state index is 0.278. The molecule has 5 nitrogen and oxygen atoms in total. The van der Waals surface area contributed by atoms with Gasteiger partial charge in [-0.05, 0) is 43.2 Å². The molecule has 0 bridgehead atoms. The zero-order valence-electron chi connectivity index (χ0n) is 12.0. The van der Waals surface area contributed by atoms with Crippen LogP contribution >= 0.6 is 15.9 Å². The molecule has 0 aliphatic carbocycles. The molecule has 21 heavy (non-hydrogen) atoms. The SMILES string of the molecule is CCCNc1ccc(C(=O)Nc2ccc(C)c(Br)c2)nn1. The molecule has 6 heteroatoms. The summed E-state index contributed by atoms with van der Waals surface area (Å²) >= 11 is 3.44. The lowest BCUT2D eigenvalue weighted by molar-refractivity contribution is 0.102. The molecule has 0 aliphatic rings. The van der Waals surface area contributed by atoms with Gasteiger partial charge in [-0.1, -0.05) is 28.9 Å². The van der Waals surface area contributed by atoms with E-state index in [1.165, 1.54) is 0 Å². The second kappa shape index (κ2) is 7.17. The van der Waals surface area contributed by atoms with E-state index < -0.39 is 0 Å². The first-order valence-electron chi connectivity index (χ1n) is 6.75. The van der Waals surface area contributed by atoms with Gasteiger partial charge in [-0.2, -0.15) is 0 Å². The van der Waals surface area contributed by atoms with Crippen LogP contribution in [0.3, 0.4) is 0 Å². The Morgan fingerprint density at radius 1 is 1.24 bits per heavy atom. The Hall–Kier alpha value is -1.95. The Bertz CT molecular complexity index is 628. The highest BCUT2D eigenvalue weighted by atomic mass is 79.9. The molecule has 0 spiro atoms. The summed E-state index contributed by atoms with van der Waals surface area (Å²) in [4.78, 5) is 12.1.